The first-order valence-corrected chi connectivity index (χ1v) is 9.62. The predicted molar refractivity (Wildman–Crippen MR) is 97.2 cm³/mol. The molecular formula is C20H23NO2S. The van der Waals surface area contributed by atoms with Gasteiger partial charge in [-0.2, -0.15) is 4.31 Å². The van der Waals surface area contributed by atoms with Crippen LogP contribution in [0.3, 0.4) is 0 Å². The van der Waals surface area contributed by atoms with Crippen LogP contribution in [0.4, 0.5) is 0 Å². The smallest absolute Gasteiger partial charge is 0.207 e. The van der Waals surface area contributed by atoms with Crippen molar-refractivity contribution in [3.63, 3.8) is 0 Å². The number of hydrogen-bond donors (Lipinski definition) is 0. The molecule has 0 aliphatic carbocycles. The maximum absolute atomic E-state index is 13.2. The van der Waals surface area contributed by atoms with Crippen molar-refractivity contribution in [3.05, 3.63) is 76.9 Å². The SMILES string of the molecule is CC1=C(C)CN(S(=O)(=O)c2ccc(C)cc2)C(c2ccccc2)C1. The highest BCUT2D eigenvalue weighted by atomic mass is 32.2. The number of benzene rings is 2. The molecule has 2 aromatic rings. The third-order valence-electron chi connectivity index (χ3n) is 4.78. The van der Waals surface area contributed by atoms with Crippen LogP contribution in [0.1, 0.15) is 37.4 Å². The molecule has 3 rings (SSSR count). The van der Waals surface area contributed by atoms with E-state index in [1.807, 2.05) is 56.3 Å². The standard InChI is InChI=1S/C20H23NO2S/c1-15-9-11-19(12-10-15)24(22,23)21-14-17(3)16(2)13-20(21)18-7-5-4-6-8-18/h4-12,20H,13-14H2,1-3H3. The fourth-order valence-electron chi connectivity index (χ4n) is 3.10. The first-order chi connectivity index (χ1) is 11.4. The largest absolute Gasteiger partial charge is 0.243 e. The van der Waals surface area contributed by atoms with Gasteiger partial charge >= 0.3 is 0 Å². The zero-order valence-electron chi connectivity index (χ0n) is 14.4. The monoisotopic (exact) mass is 341 g/mol. The van der Waals surface area contributed by atoms with Crippen molar-refractivity contribution in [2.24, 2.45) is 0 Å². The molecule has 0 N–H and O–H groups in total. The lowest BCUT2D eigenvalue weighted by atomic mass is 9.93. The highest BCUT2D eigenvalue weighted by Gasteiger charge is 2.35. The molecule has 0 amide bonds. The summed E-state index contributed by atoms with van der Waals surface area (Å²) in [4.78, 5) is 0.362. The lowest BCUT2D eigenvalue weighted by Gasteiger charge is -2.36. The Labute approximate surface area is 144 Å². The quantitative estimate of drug-likeness (QED) is 0.773. The summed E-state index contributed by atoms with van der Waals surface area (Å²) in [5.41, 5.74) is 4.51. The number of rotatable bonds is 3. The van der Waals surface area contributed by atoms with Gasteiger partial charge in [-0.1, -0.05) is 59.2 Å². The van der Waals surface area contributed by atoms with Crippen LogP contribution in [0.5, 0.6) is 0 Å². The lowest BCUT2D eigenvalue weighted by molar-refractivity contribution is 0.323. The molecule has 0 fully saturated rings. The number of aryl methyl sites for hydroxylation is 1. The summed E-state index contributed by atoms with van der Waals surface area (Å²) in [5, 5.41) is 0. The van der Waals surface area contributed by atoms with Gasteiger partial charge in [0, 0.05) is 6.54 Å². The van der Waals surface area contributed by atoms with E-state index in [4.69, 9.17) is 0 Å². The second-order valence-electron chi connectivity index (χ2n) is 6.55. The molecule has 0 saturated heterocycles. The summed E-state index contributed by atoms with van der Waals surface area (Å²) in [7, 11) is -3.53. The topological polar surface area (TPSA) is 37.4 Å². The van der Waals surface area contributed by atoms with Gasteiger partial charge in [0.1, 0.15) is 0 Å². The van der Waals surface area contributed by atoms with Gasteiger partial charge in [-0.25, -0.2) is 8.42 Å². The highest BCUT2D eigenvalue weighted by Crippen LogP contribution is 2.37. The van der Waals surface area contributed by atoms with Crippen molar-refractivity contribution in [1.82, 2.24) is 4.31 Å². The van der Waals surface area contributed by atoms with Gasteiger partial charge in [0.2, 0.25) is 10.0 Å². The minimum atomic E-state index is -3.53. The molecule has 1 aliphatic heterocycles. The van der Waals surface area contributed by atoms with E-state index in [2.05, 4.69) is 6.92 Å². The van der Waals surface area contributed by atoms with E-state index in [0.717, 1.165) is 23.1 Å². The first kappa shape index (κ1) is 16.9. The average Bonchev–Trinajstić information content (AvgIpc) is 2.58. The van der Waals surface area contributed by atoms with Gasteiger partial charge in [-0.3, -0.25) is 0 Å². The normalized spacial score (nSPS) is 19.5. The molecule has 1 atom stereocenters. The van der Waals surface area contributed by atoms with Gasteiger partial charge < -0.3 is 0 Å². The fourth-order valence-corrected chi connectivity index (χ4v) is 4.75. The Morgan fingerprint density at radius 3 is 2.12 bits per heavy atom. The van der Waals surface area contributed by atoms with Gasteiger partial charge in [-0.15, -0.1) is 0 Å². The van der Waals surface area contributed by atoms with Crippen LogP contribution in [0, 0.1) is 6.92 Å². The van der Waals surface area contributed by atoms with Crippen molar-refractivity contribution in [3.8, 4) is 0 Å². The van der Waals surface area contributed by atoms with E-state index in [-0.39, 0.29) is 6.04 Å². The maximum atomic E-state index is 13.2. The van der Waals surface area contributed by atoms with Crippen molar-refractivity contribution in [2.45, 2.75) is 38.1 Å². The van der Waals surface area contributed by atoms with Crippen molar-refractivity contribution < 1.29 is 8.42 Å². The molecule has 2 aromatic carbocycles. The molecule has 0 spiro atoms. The van der Waals surface area contributed by atoms with Crippen LogP contribution >= 0.6 is 0 Å². The lowest BCUT2D eigenvalue weighted by Crippen LogP contribution is -2.39. The van der Waals surface area contributed by atoms with Crippen molar-refractivity contribution in [2.75, 3.05) is 6.54 Å². The first-order valence-electron chi connectivity index (χ1n) is 8.18. The van der Waals surface area contributed by atoms with Gasteiger partial charge in [0.25, 0.3) is 0 Å². The Balaban J connectivity index is 2.06. The van der Waals surface area contributed by atoms with Crippen LogP contribution in [-0.4, -0.2) is 19.3 Å². The Morgan fingerprint density at radius 1 is 0.875 bits per heavy atom. The molecule has 0 bridgehead atoms. The fraction of sp³-hybridized carbons (Fsp3) is 0.300. The zero-order chi connectivity index (χ0) is 17.3. The minimum absolute atomic E-state index is 0.152. The summed E-state index contributed by atoms with van der Waals surface area (Å²) >= 11 is 0. The van der Waals surface area contributed by atoms with Crippen LogP contribution < -0.4 is 0 Å². The molecule has 1 aliphatic rings. The number of nitrogens with zero attached hydrogens (tertiary/aromatic N) is 1. The van der Waals surface area contributed by atoms with E-state index in [1.54, 1.807) is 16.4 Å². The highest BCUT2D eigenvalue weighted by molar-refractivity contribution is 7.89. The summed E-state index contributed by atoms with van der Waals surface area (Å²) in [6, 6.07) is 16.9. The van der Waals surface area contributed by atoms with Crippen LogP contribution in [0.15, 0.2) is 70.6 Å². The molecule has 1 unspecified atom stereocenters. The van der Waals surface area contributed by atoms with E-state index in [9.17, 15) is 8.42 Å². The maximum Gasteiger partial charge on any atom is 0.243 e. The molecule has 0 radical (unpaired) electrons. The number of sulfonamides is 1. The Bertz CT molecular complexity index is 852. The zero-order valence-corrected chi connectivity index (χ0v) is 15.2. The average molecular weight is 341 g/mol. The van der Waals surface area contributed by atoms with Crippen LogP contribution in [-0.2, 0) is 10.0 Å². The molecule has 126 valence electrons. The predicted octanol–water partition coefficient (Wildman–Crippen LogP) is 4.47. The van der Waals surface area contributed by atoms with Gasteiger partial charge in [0.05, 0.1) is 10.9 Å². The minimum Gasteiger partial charge on any atom is -0.207 e. The van der Waals surface area contributed by atoms with E-state index in [1.165, 1.54) is 5.57 Å². The second-order valence-corrected chi connectivity index (χ2v) is 8.45. The molecule has 0 saturated carbocycles. The summed E-state index contributed by atoms with van der Waals surface area (Å²) < 4.78 is 28.1. The van der Waals surface area contributed by atoms with Gasteiger partial charge in [0.15, 0.2) is 0 Å². The summed E-state index contributed by atoms with van der Waals surface area (Å²) in [5.74, 6) is 0. The van der Waals surface area contributed by atoms with E-state index in [0.29, 0.717) is 11.4 Å². The van der Waals surface area contributed by atoms with E-state index < -0.39 is 10.0 Å². The van der Waals surface area contributed by atoms with Crippen LogP contribution in [0.2, 0.25) is 0 Å². The Morgan fingerprint density at radius 2 is 1.50 bits per heavy atom. The Kier molecular flexibility index (Phi) is 4.61. The molecule has 0 aromatic heterocycles. The number of hydrogen-bond acceptors (Lipinski definition) is 2. The summed E-state index contributed by atoms with van der Waals surface area (Å²) in [6.45, 7) is 6.53. The second kappa shape index (κ2) is 6.54. The van der Waals surface area contributed by atoms with E-state index >= 15 is 0 Å². The third-order valence-corrected chi connectivity index (χ3v) is 6.65. The van der Waals surface area contributed by atoms with Gasteiger partial charge in [-0.05, 0) is 44.9 Å². The van der Waals surface area contributed by atoms with Crippen molar-refractivity contribution >= 4 is 10.0 Å². The third kappa shape index (κ3) is 3.17. The molecule has 1 heterocycles. The summed E-state index contributed by atoms with van der Waals surface area (Å²) in [6.07, 6.45) is 0.737. The molecule has 3 nitrogen and oxygen atoms in total. The van der Waals surface area contributed by atoms with Crippen molar-refractivity contribution in [1.29, 1.82) is 0 Å². The molecule has 4 heteroatoms. The Hall–Kier alpha value is -1.91. The molecular weight excluding hydrogens is 318 g/mol. The van der Waals surface area contributed by atoms with Crippen LogP contribution in [0.25, 0.3) is 0 Å². The molecule has 24 heavy (non-hydrogen) atoms.